The van der Waals surface area contributed by atoms with E-state index in [0.29, 0.717) is 28.1 Å². The lowest BCUT2D eigenvalue weighted by atomic mass is 9.95. The summed E-state index contributed by atoms with van der Waals surface area (Å²) in [6.07, 6.45) is 7.80. The highest BCUT2D eigenvalue weighted by Crippen LogP contribution is 2.31. The number of carbonyl (C=O) groups excluding carboxylic acids is 1. The van der Waals surface area contributed by atoms with Crippen molar-refractivity contribution in [2.45, 2.75) is 45.1 Å². The number of benzene rings is 1. The van der Waals surface area contributed by atoms with Crippen LogP contribution in [-0.4, -0.2) is 24.0 Å². The predicted molar refractivity (Wildman–Crippen MR) is 105 cm³/mol. The standard InChI is InChI=1S/C20H24ClN3O2/c1-13-10-17(18(26-2)11-16(13)21)24-20(25)14-8-9-19(22-12-14)23-15-6-4-3-5-7-15/h8-12,15H,3-7H2,1-2H3,(H,22,23)(H,24,25). The fourth-order valence-corrected chi connectivity index (χ4v) is 3.35. The summed E-state index contributed by atoms with van der Waals surface area (Å²) in [4.78, 5) is 16.9. The maximum absolute atomic E-state index is 12.5. The molecule has 1 amide bonds. The summed E-state index contributed by atoms with van der Waals surface area (Å²) in [5.41, 5.74) is 1.95. The van der Waals surface area contributed by atoms with Crippen LogP contribution in [0.15, 0.2) is 30.5 Å². The normalized spacial score (nSPS) is 14.7. The van der Waals surface area contributed by atoms with Gasteiger partial charge < -0.3 is 15.4 Å². The molecule has 138 valence electrons. The molecule has 1 aromatic heterocycles. The van der Waals surface area contributed by atoms with Crippen molar-refractivity contribution in [1.82, 2.24) is 4.98 Å². The molecule has 1 fully saturated rings. The summed E-state index contributed by atoms with van der Waals surface area (Å²) in [5, 5.41) is 6.91. The number of halogens is 1. The van der Waals surface area contributed by atoms with Crippen molar-refractivity contribution in [2.75, 3.05) is 17.7 Å². The second-order valence-electron chi connectivity index (χ2n) is 6.67. The van der Waals surface area contributed by atoms with E-state index >= 15 is 0 Å². The number of nitrogens with zero attached hydrogens (tertiary/aromatic N) is 1. The van der Waals surface area contributed by atoms with E-state index in [4.69, 9.17) is 16.3 Å². The molecule has 26 heavy (non-hydrogen) atoms. The van der Waals surface area contributed by atoms with Gasteiger partial charge in [0.05, 0.1) is 18.4 Å². The Labute approximate surface area is 159 Å². The molecule has 1 aliphatic rings. The zero-order valence-electron chi connectivity index (χ0n) is 15.1. The number of aryl methyl sites for hydroxylation is 1. The number of ether oxygens (including phenoxy) is 1. The van der Waals surface area contributed by atoms with Crippen LogP contribution in [-0.2, 0) is 0 Å². The Morgan fingerprint density at radius 1 is 1.23 bits per heavy atom. The maximum Gasteiger partial charge on any atom is 0.257 e. The molecule has 0 bridgehead atoms. The van der Waals surface area contributed by atoms with E-state index in [-0.39, 0.29) is 5.91 Å². The minimum absolute atomic E-state index is 0.235. The van der Waals surface area contributed by atoms with Crippen LogP contribution in [0.5, 0.6) is 5.75 Å². The second-order valence-corrected chi connectivity index (χ2v) is 7.07. The van der Waals surface area contributed by atoms with Crippen LogP contribution < -0.4 is 15.4 Å². The molecule has 5 nitrogen and oxygen atoms in total. The van der Waals surface area contributed by atoms with Crippen LogP contribution in [0.3, 0.4) is 0 Å². The smallest absolute Gasteiger partial charge is 0.257 e. The summed E-state index contributed by atoms with van der Waals surface area (Å²) in [6, 6.07) is 7.61. The van der Waals surface area contributed by atoms with Crippen LogP contribution in [0, 0.1) is 6.92 Å². The molecule has 0 saturated heterocycles. The van der Waals surface area contributed by atoms with Gasteiger partial charge in [0.15, 0.2) is 0 Å². The van der Waals surface area contributed by atoms with Crippen LogP contribution in [0.1, 0.15) is 48.0 Å². The molecule has 2 N–H and O–H groups in total. The lowest BCUT2D eigenvalue weighted by Gasteiger charge is -2.23. The second kappa shape index (κ2) is 8.41. The summed E-state index contributed by atoms with van der Waals surface area (Å²) in [6.45, 7) is 1.88. The third-order valence-electron chi connectivity index (χ3n) is 4.71. The number of nitrogens with one attached hydrogen (secondary N) is 2. The Balaban J connectivity index is 1.67. The van der Waals surface area contributed by atoms with Gasteiger partial charge in [0.1, 0.15) is 11.6 Å². The third kappa shape index (κ3) is 4.47. The van der Waals surface area contributed by atoms with Crippen molar-refractivity contribution in [3.8, 4) is 5.75 Å². The Morgan fingerprint density at radius 3 is 2.65 bits per heavy atom. The Kier molecular flexibility index (Phi) is 5.99. The molecule has 1 aliphatic carbocycles. The van der Waals surface area contributed by atoms with Crippen LogP contribution in [0.2, 0.25) is 5.02 Å². The zero-order chi connectivity index (χ0) is 18.5. The van der Waals surface area contributed by atoms with E-state index in [2.05, 4.69) is 15.6 Å². The van der Waals surface area contributed by atoms with E-state index in [1.54, 1.807) is 31.5 Å². The first-order chi connectivity index (χ1) is 12.6. The molecule has 1 aromatic carbocycles. The summed E-state index contributed by atoms with van der Waals surface area (Å²) in [5.74, 6) is 1.10. The molecule has 1 saturated carbocycles. The number of pyridine rings is 1. The molecule has 0 unspecified atom stereocenters. The highest BCUT2D eigenvalue weighted by molar-refractivity contribution is 6.31. The first-order valence-electron chi connectivity index (χ1n) is 8.95. The Bertz CT molecular complexity index is 771. The number of rotatable bonds is 5. The summed E-state index contributed by atoms with van der Waals surface area (Å²) < 4.78 is 5.30. The number of aromatic nitrogens is 1. The number of amides is 1. The Hall–Kier alpha value is -2.27. The summed E-state index contributed by atoms with van der Waals surface area (Å²) in [7, 11) is 1.55. The molecule has 0 atom stereocenters. The van der Waals surface area contributed by atoms with Gasteiger partial charge in [-0.25, -0.2) is 4.98 Å². The van der Waals surface area contributed by atoms with Crippen LogP contribution in [0.25, 0.3) is 0 Å². The van der Waals surface area contributed by atoms with Gasteiger partial charge in [0.2, 0.25) is 0 Å². The van der Waals surface area contributed by atoms with E-state index < -0.39 is 0 Å². The lowest BCUT2D eigenvalue weighted by Crippen LogP contribution is -2.23. The topological polar surface area (TPSA) is 63.2 Å². The van der Waals surface area contributed by atoms with Gasteiger partial charge in [-0.2, -0.15) is 0 Å². The van der Waals surface area contributed by atoms with Crippen molar-refractivity contribution in [2.24, 2.45) is 0 Å². The quantitative estimate of drug-likeness (QED) is 0.769. The Morgan fingerprint density at radius 2 is 2.00 bits per heavy atom. The van der Waals surface area contributed by atoms with Crippen molar-refractivity contribution >= 4 is 29.0 Å². The van der Waals surface area contributed by atoms with Gasteiger partial charge >= 0.3 is 0 Å². The minimum atomic E-state index is -0.235. The minimum Gasteiger partial charge on any atom is -0.495 e. The van der Waals surface area contributed by atoms with Crippen molar-refractivity contribution < 1.29 is 9.53 Å². The van der Waals surface area contributed by atoms with E-state index in [1.807, 2.05) is 13.0 Å². The molecule has 6 heteroatoms. The van der Waals surface area contributed by atoms with Crippen LogP contribution >= 0.6 is 11.6 Å². The predicted octanol–water partition coefficient (Wildman–Crippen LogP) is 5.05. The van der Waals surface area contributed by atoms with Crippen LogP contribution in [0.4, 0.5) is 11.5 Å². The molecular formula is C20H24ClN3O2. The fourth-order valence-electron chi connectivity index (χ4n) is 3.19. The molecule has 0 aliphatic heterocycles. The molecule has 0 radical (unpaired) electrons. The number of hydrogen-bond acceptors (Lipinski definition) is 4. The molecule has 1 heterocycles. The summed E-state index contributed by atoms with van der Waals surface area (Å²) >= 11 is 6.11. The first-order valence-corrected chi connectivity index (χ1v) is 9.32. The SMILES string of the molecule is COc1cc(Cl)c(C)cc1NC(=O)c1ccc(NC2CCCCC2)nc1. The first kappa shape index (κ1) is 18.5. The number of carbonyl (C=O) groups is 1. The van der Waals surface area contributed by atoms with Gasteiger partial charge in [-0.3, -0.25) is 4.79 Å². The zero-order valence-corrected chi connectivity index (χ0v) is 15.9. The average molecular weight is 374 g/mol. The molecule has 0 spiro atoms. The van der Waals surface area contributed by atoms with Gasteiger partial charge in [0.25, 0.3) is 5.91 Å². The van der Waals surface area contributed by atoms with Gasteiger partial charge in [-0.15, -0.1) is 0 Å². The van der Waals surface area contributed by atoms with Crippen molar-refractivity contribution in [1.29, 1.82) is 0 Å². The third-order valence-corrected chi connectivity index (χ3v) is 5.12. The molecule has 2 aromatic rings. The molecule has 3 rings (SSSR count). The fraction of sp³-hybridized carbons (Fsp3) is 0.400. The van der Waals surface area contributed by atoms with E-state index in [9.17, 15) is 4.79 Å². The van der Waals surface area contributed by atoms with Crippen molar-refractivity contribution in [3.05, 3.63) is 46.6 Å². The number of anilines is 2. The highest BCUT2D eigenvalue weighted by atomic mass is 35.5. The number of methoxy groups -OCH3 is 1. The van der Waals surface area contributed by atoms with Gasteiger partial charge in [0, 0.05) is 23.3 Å². The monoisotopic (exact) mass is 373 g/mol. The lowest BCUT2D eigenvalue weighted by molar-refractivity contribution is 0.102. The van der Waals surface area contributed by atoms with E-state index in [0.717, 1.165) is 11.4 Å². The molecular weight excluding hydrogens is 350 g/mol. The highest BCUT2D eigenvalue weighted by Gasteiger charge is 2.15. The number of hydrogen-bond donors (Lipinski definition) is 2. The average Bonchev–Trinajstić information content (AvgIpc) is 2.66. The maximum atomic E-state index is 12.5. The van der Waals surface area contributed by atoms with Crippen molar-refractivity contribution in [3.63, 3.8) is 0 Å². The largest absolute Gasteiger partial charge is 0.495 e. The van der Waals surface area contributed by atoms with E-state index in [1.165, 1.54) is 32.1 Å². The van der Waals surface area contributed by atoms with Gasteiger partial charge in [-0.05, 0) is 43.5 Å². The van der Waals surface area contributed by atoms with Gasteiger partial charge in [-0.1, -0.05) is 30.9 Å².